The highest BCUT2D eigenvalue weighted by atomic mass is 79.9. The van der Waals surface area contributed by atoms with Crippen molar-refractivity contribution in [1.82, 2.24) is 24.8 Å². The zero-order valence-corrected chi connectivity index (χ0v) is 38.9. The molecule has 2 aliphatic heterocycles. The Kier molecular flexibility index (Phi) is 12.5. The van der Waals surface area contributed by atoms with E-state index < -0.39 is 23.8 Å². The average Bonchev–Trinajstić information content (AvgIpc) is 3.65. The number of hydrogen-bond donors (Lipinski definition) is 2. The van der Waals surface area contributed by atoms with Crippen LogP contribution in [0.5, 0.6) is 0 Å². The molecule has 4 amide bonds. The highest BCUT2D eigenvalue weighted by Gasteiger charge is 2.41. The number of hydrogen-bond acceptors (Lipinski definition) is 10. The number of ether oxygens (including phenoxy) is 2. The lowest BCUT2D eigenvalue weighted by atomic mass is 10.0. The molecule has 340 valence electrons. The molecule has 1 aliphatic carbocycles. The number of nitrogens with zero attached hydrogens (tertiary/aromatic N) is 7. The summed E-state index contributed by atoms with van der Waals surface area (Å²) in [6.07, 6.45) is 4.59. The van der Waals surface area contributed by atoms with E-state index in [-0.39, 0.29) is 29.9 Å². The Labute approximate surface area is 396 Å². The molecule has 2 N–H and O–H groups in total. The fourth-order valence-electron chi connectivity index (χ4n) is 8.11. The van der Waals surface area contributed by atoms with Crippen LogP contribution in [0.1, 0.15) is 101 Å². The van der Waals surface area contributed by atoms with Gasteiger partial charge >= 0.3 is 12.2 Å². The second-order valence-electron chi connectivity index (χ2n) is 17.8. The summed E-state index contributed by atoms with van der Waals surface area (Å²) < 4.78 is 13.7. The molecule has 67 heavy (non-hydrogen) atoms. The smallest absolute Gasteiger partial charge is 0.412 e. The minimum Gasteiger partial charge on any atom is -0.446 e. The highest BCUT2D eigenvalue weighted by Crippen LogP contribution is 2.38. The number of carbonyl (C=O) groups excluding carboxylic acids is 4. The van der Waals surface area contributed by atoms with Gasteiger partial charge in [0.1, 0.15) is 23.8 Å². The molecule has 2 aromatic heterocycles. The summed E-state index contributed by atoms with van der Waals surface area (Å²) in [7, 11) is 1.83. The number of halogens is 1. The van der Waals surface area contributed by atoms with Gasteiger partial charge in [-0.1, -0.05) is 58.4 Å². The van der Waals surface area contributed by atoms with Crippen molar-refractivity contribution in [2.24, 2.45) is 23.2 Å². The predicted molar refractivity (Wildman–Crippen MR) is 257 cm³/mol. The summed E-state index contributed by atoms with van der Waals surface area (Å²) in [5, 5.41) is 22.8. The lowest BCUT2D eigenvalue weighted by Crippen LogP contribution is -2.27. The van der Waals surface area contributed by atoms with Crippen molar-refractivity contribution in [3.05, 3.63) is 177 Å². The van der Waals surface area contributed by atoms with Gasteiger partial charge in [0.2, 0.25) is 0 Å². The molecule has 4 unspecified atom stereocenters. The van der Waals surface area contributed by atoms with E-state index in [1.807, 2.05) is 86.0 Å². The van der Waals surface area contributed by atoms with E-state index in [0.29, 0.717) is 41.8 Å². The molecule has 0 spiro atoms. The monoisotopic (exact) mass is 961 g/mol. The Morgan fingerprint density at radius 3 is 1.76 bits per heavy atom. The largest absolute Gasteiger partial charge is 0.446 e. The molecule has 4 atom stereocenters. The van der Waals surface area contributed by atoms with E-state index in [0.717, 1.165) is 50.4 Å². The number of pyridine rings is 1. The summed E-state index contributed by atoms with van der Waals surface area (Å²) in [6.45, 7) is 5.41. The van der Waals surface area contributed by atoms with Crippen LogP contribution in [0.15, 0.2) is 148 Å². The molecule has 16 heteroatoms. The fraction of sp³-hybridized carbons (Fsp3) is 0.255. The van der Waals surface area contributed by atoms with Gasteiger partial charge < -0.3 is 9.47 Å². The number of aryl methyl sites for hydroxylation is 1. The number of aromatic nitrogens is 3. The van der Waals surface area contributed by atoms with Crippen molar-refractivity contribution in [2.45, 2.75) is 70.2 Å². The standard InChI is InChI=1S/C51H48BrN9O6/c1-51(2,3)67-50(65)55-39-22-16-33(17-23-39)43-30-45(41-24-26-59(4)56-41)61(58-43)47(62)34-10-8-31(9-11-34)27-36-28-46(36)66-49(64)54-38-20-14-32(15-21-38)42-29-44(40-7-5-6-25-53-40)60(57-42)48(63)35-12-18-37(52)19-13-35/h5-26,36,44-46H,27-30H2,1-4H3,(H,54,64)(H,55,65). The van der Waals surface area contributed by atoms with Crippen molar-refractivity contribution in [3.8, 4) is 0 Å². The van der Waals surface area contributed by atoms with E-state index in [4.69, 9.17) is 19.7 Å². The average molecular weight is 963 g/mol. The summed E-state index contributed by atoms with van der Waals surface area (Å²) in [4.78, 5) is 57.5. The third-order valence-corrected chi connectivity index (χ3v) is 12.1. The van der Waals surface area contributed by atoms with Crippen molar-refractivity contribution in [1.29, 1.82) is 0 Å². The Morgan fingerprint density at radius 2 is 1.24 bits per heavy atom. The molecule has 3 aliphatic rings. The lowest BCUT2D eigenvalue weighted by Gasteiger charge is -2.21. The first-order chi connectivity index (χ1) is 32.2. The molecular formula is C51H48BrN9O6. The van der Waals surface area contributed by atoms with Gasteiger partial charge in [-0.15, -0.1) is 0 Å². The van der Waals surface area contributed by atoms with Gasteiger partial charge in [-0.2, -0.15) is 15.3 Å². The third-order valence-electron chi connectivity index (χ3n) is 11.6. The first-order valence-electron chi connectivity index (χ1n) is 22.0. The highest BCUT2D eigenvalue weighted by molar-refractivity contribution is 9.10. The quantitative estimate of drug-likeness (QED) is 0.129. The molecule has 4 aromatic carbocycles. The fourth-order valence-corrected chi connectivity index (χ4v) is 8.37. The first-order valence-corrected chi connectivity index (χ1v) is 22.8. The molecule has 1 fully saturated rings. The first kappa shape index (κ1) is 44.7. The Bertz CT molecular complexity index is 2860. The second-order valence-corrected chi connectivity index (χ2v) is 18.7. The second kappa shape index (κ2) is 18.8. The molecule has 0 radical (unpaired) electrons. The molecule has 1 saturated carbocycles. The van der Waals surface area contributed by atoms with Crippen LogP contribution >= 0.6 is 15.9 Å². The Morgan fingerprint density at radius 1 is 0.687 bits per heavy atom. The summed E-state index contributed by atoms with van der Waals surface area (Å²) in [6, 6.07) is 36.0. The van der Waals surface area contributed by atoms with Crippen LogP contribution in [0, 0.1) is 5.92 Å². The van der Waals surface area contributed by atoms with Gasteiger partial charge in [-0.3, -0.25) is 29.9 Å². The van der Waals surface area contributed by atoms with Crippen LogP contribution < -0.4 is 10.6 Å². The van der Waals surface area contributed by atoms with E-state index in [1.54, 1.807) is 80.2 Å². The molecule has 0 saturated heterocycles. The molecule has 6 aromatic rings. The third kappa shape index (κ3) is 10.7. The zero-order valence-electron chi connectivity index (χ0n) is 37.3. The summed E-state index contributed by atoms with van der Waals surface area (Å²) >= 11 is 3.43. The number of hydrazone groups is 2. The number of benzene rings is 4. The maximum Gasteiger partial charge on any atom is 0.412 e. The van der Waals surface area contributed by atoms with Gasteiger partial charge in [0.15, 0.2) is 0 Å². The van der Waals surface area contributed by atoms with Gasteiger partial charge in [0, 0.05) is 65.2 Å². The molecular weight excluding hydrogens is 915 g/mol. The minimum absolute atomic E-state index is 0.148. The van der Waals surface area contributed by atoms with Crippen molar-refractivity contribution in [3.63, 3.8) is 0 Å². The van der Waals surface area contributed by atoms with Gasteiger partial charge in [-0.25, -0.2) is 19.6 Å². The van der Waals surface area contributed by atoms with Gasteiger partial charge in [-0.05, 0) is 129 Å². The van der Waals surface area contributed by atoms with Crippen molar-refractivity contribution in [2.75, 3.05) is 10.6 Å². The normalized spacial score (nSPS) is 18.8. The predicted octanol–water partition coefficient (Wildman–Crippen LogP) is 10.1. The molecule has 15 nitrogen and oxygen atoms in total. The number of rotatable bonds is 11. The van der Waals surface area contributed by atoms with Crippen LogP contribution in [0.3, 0.4) is 0 Å². The van der Waals surface area contributed by atoms with E-state index in [9.17, 15) is 19.2 Å². The van der Waals surface area contributed by atoms with Gasteiger partial charge in [0.25, 0.3) is 11.8 Å². The maximum atomic E-state index is 14.1. The molecule has 9 rings (SSSR count). The summed E-state index contributed by atoms with van der Waals surface area (Å²) in [5.41, 5.74) is 7.12. The number of nitrogens with one attached hydrogen (secondary N) is 2. The maximum absolute atomic E-state index is 14.1. The summed E-state index contributed by atoms with van der Waals surface area (Å²) in [5.74, 6) is -0.327. The van der Waals surface area contributed by atoms with E-state index in [1.165, 1.54) is 10.0 Å². The minimum atomic E-state index is -0.620. The Balaban J connectivity index is 0.789. The van der Waals surface area contributed by atoms with Crippen LogP contribution in [0.25, 0.3) is 0 Å². The van der Waals surface area contributed by atoms with Crippen LogP contribution in [-0.2, 0) is 22.9 Å². The van der Waals surface area contributed by atoms with Crippen LogP contribution in [0.4, 0.5) is 21.0 Å². The van der Waals surface area contributed by atoms with Gasteiger partial charge in [0.05, 0.1) is 22.8 Å². The number of amides is 4. The van der Waals surface area contributed by atoms with Crippen molar-refractivity contribution < 1.29 is 28.7 Å². The zero-order chi connectivity index (χ0) is 46.8. The Hall–Kier alpha value is -7.46. The number of anilines is 2. The topological polar surface area (TPSA) is 173 Å². The van der Waals surface area contributed by atoms with Crippen LogP contribution in [-0.4, -0.2) is 71.9 Å². The SMILES string of the molecule is Cn1ccc(C2CC(c3ccc(NC(=O)OC(C)(C)C)cc3)=NN2C(=O)c2ccc(CC3CC3OC(=O)Nc3ccc(C4=NN(C(=O)c5ccc(Br)cc5)C(c5ccccn5)C4)cc3)cc2)n1. The van der Waals surface area contributed by atoms with Crippen LogP contribution in [0.2, 0.25) is 0 Å². The number of carbonyl (C=O) groups is 4. The van der Waals surface area contributed by atoms with E-state index in [2.05, 4.69) is 36.6 Å². The van der Waals surface area contributed by atoms with Crippen molar-refractivity contribution >= 4 is 62.7 Å². The molecule has 4 heterocycles. The molecule has 0 bridgehead atoms. The lowest BCUT2D eigenvalue weighted by molar-refractivity contribution is 0.0634. The van der Waals surface area contributed by atoms with E-state index >= 15 is 0 Å².